The van der Waals surface area contributed by atoms with E-state index in [1.807, 2.05) is 6.20 Å². The van der Waals surface area contributed by atoms with Crippen LogP contribution in [0.4, 0.5) is 11.5 Å². The van der Waals surface area contributed by atoms with E-state index in [4.69, 9.17) is 5.73 Å². The number of hydrogen-bond donors (Lipinski definition) is 2. The molecular weight excluding hydrogens is 200 g/mol. The van der Waals surface area contributed by atoms with Crippen LogP contribution in [0.2, 0.25) is 0 Å². The van der Waals surface area contributed by atoms with Gasteiger partial charge in [-0.3, -0.25) is 5.10 Å². The fourth-order valence-corrected chi connectivity index (χ4v) is 3.44. The summed E-state index contributed by atoms with van der Waals surface area (Å²) in [5.74, 6) is 1.61. The molecule has 4 nitrogen and oxygen atoms in total. The van der Waals surface area contributed by atoms with Gasteiger partial charge in [0.25, 0.3) is 0 Å². The van der Waals surface area contributed by atoms with Crippen LogP contribution in [0.5, 0.6) is 0 Å². The standard InChI is InChI=1S/C12H20N4/c13-12-11(8-14-15-12)16-7-3-6-10(16)9-4-1-2-5-9/h8-10H,1-7H2,(H3,13,14,15). The number of nitrogens with one attached hydrogen (secondary N) is 1. The van der Waals surface area contributed by atoms with Crippen LogP contribution < -0.4 is 10.6 Å². The van der Waals surface area contributed by atoms with E-state index >= 15 is 0 Å². The summed E-state index contributed by atoms with van der Waals surface area (Å²) in [5.41, 5.74) is 7.04. The molecule has 2 aliphatic rings. The highest BCUT2D eigenvalue weighted by molar-refractivity contribution is 5.63. The third-order valence-corrected chi connectivity index (χ3v) is 4.20. The third-order valence-electron chi connectivity index (χ3n) is 4.20. The van der Waals surface area contributed by atoms with Gasteiger partial charge in [-0.25, -0.2) is 0 Å². The Kier molecular flexibility index (Phi) is 2.50. The summed E-state index contributed by atoms with van der Waals surface area (Å²) in [6.07, 6.45) is 10.1. The van der Waals surface area contributed by atoms with Gasteiger partial charge in [0.15, 0.2) is 0 Å². The summed E-state index contributed by atoms with van der Waals surface area (Å²) < 4.78 is 0. The predicted octanol–water partition coefficient (Wildman–Crippen LogP) is 2.15. The topological polar surface area (TPSA) is 57.9 Å². The highest BCUT2D eigenvalue weighted by atomic mass is 15.3. The van der Waals surface area contributed by atoms with Crippen molar-refractivity contribution < 1.29 is 0 Å². The number of aromatic amines is 1. The molecule has 1 saturated carbocycles. The largest absolute Gasteiger partial charge is 0.382 e. The van der Waals surface area contributed by atoms with Crippen molar-refractivity contribution in [3.8, 4) is 0 Å². The molecule has 0 spiro atoms. The minimum absolute atomic E-state index is 0.711. The van der Waals surface area contributed by atoms with Gasteiger partial charge in [0, 0.05) is 12.6 Å². The minimum atomic E-state index is 0.711. The van der Waals surface area contributed by atoms with Gasteiger partial charge >= 0.3 is 0 Å². The molecule has 1 aromatic rings. The number of rotatable bonds is 2. The molecule has 0 radical (unpaired) electrons. The SMILES string of the molecule is Nc1[nH]ncc1N1CCCC1C1CCCC1. The van der Waals surface area contributed by atoms with Crippen LogP contribution in [-0.2, 0) is 0 Å². The number of H-pyrrole nitrogens is 1. The van der Waals surface area contributed by atoms with Gasteiger partial charge in [0.05, 0.1) is 11.9 Å². The van der Waals surface area contributed by atoms with E-state index < -0.39 is 0 Å². The lowest BCUT2D eigenvalue weighted by atomic mass is 9.96. The van der Waals surface area contributed by atoms with Crippen molar-refractivity contribution in [3.05, 3.63) is 6.20 Å². The lowest BCUT2D eigenvalue weighted by Gasteiger charge is -2.30. The first-order chi connectivity index (χ1) is 7.86. The summed E-state index contributed by atoms with van der Waals surface area (Å²) in [7, 11) is 0. The Morgan fingerprint density at radius 2 is 2.06 bits per heavy atom. The molecule has 0 bridgehead atoms. The molecule has 3 rings (SSSR count). The maximum atomic E-state index is 5.92. The normalized spacial score (nSPS) is 26.8. The number of nitrogens with zero attached hydrogens (tertiary/aromatic N) is 2. The number of nitrogens with two attached hydrogens (primary N) is 1. The molecule has 4 heteroatoms. The van der Waals surface area contributed by atoms with Crippen molar-refractivity contribution in [2.75, 3.05) is 17.2 Å². The number of aromatic nitrogens is 2. The molecule has 1 aliphatic heterocycles. The molecule has 1 aliphatic carbocycles. The lowest BCUT2D eigenvalue weighted by Crippen LogP contribution is -2.34. The fraction of sp³-hybridized carbons (Fsp3) is 0.750. The average Bonchev–Trinajstić information content (AvgIpc) is 2.95. The third kappa shape index (κ3) is 1.56. The molecule has 16 heavy (non-hydrogen) atoms. The van der Waals surface area contributed by atoms with Crippen LogP contribution in [0.15, 0.2) is 6.20 Å². The first-order valence-corrected chi connectivity index (χ1v) is 6.42. The van der Waals surface area contributed by atoms with E-state index in [0.717, 1.165) is 24.0 Å². The van der Waals surface area contributed by atoms with E-state index in [1.54, 1.807) is 0 Å². The van der Waals surface area contributed by atoms with Gasteiger partial charge in [-0.15, -0.1) is 0 Å². The zero-order chi connectivity index (χ0) is 11.0. The number of anilines is 2. The molecule has 1 saturated heterocycles. The average molecular weight is 220 g/mol. The summed E-state index contributed by atoms with van der Waals surface area (Å²) in [6, 6.07) is 0.711. The first kappa shape index (κ1) is 10.00. The van der Waals surface area contributed by atoms with Crippen molar-refractivity contribution in [1.82, 2.24) is 10.2 Å². The first-order valence-electron chi connectivity index (χ1n) is 6.42. The number of nitrogen functional groups attached to an aromatic ring is 1. The predicted molar refractivity (Wildman–Crippen MR) is 65.3 cm³/mol. The maximum absolute atomic E-state index is 5.92. The Morgan fingerprint density at radius 1 is 1.25 bits per heavy atom. The molecule has 3 N–H and O–H groups in total. The van der Waals surface area contributed by atoms with E-state index in [-0.39, 0.29) is 0 Å². The van der Waals surface area contributed by atoms with Gasteiger partial charge in [0.2, 0.25) is 0 Å². The molecular formula is C12H20N4. The van der Waals surface area contributed by atoms with Crippen LogP contribution in [0.25, 0.3) is 0 Å². The quantitative estimate of drug-likeness (QED) is 0.803. The summed E-state index contributed by atoms with van der Waals surface area (Å²) in [4.78, 5) is 2.48. The molecule has 2 heterocycles. The zero-order valence-electron chi connectivity index (χ0n) is 9.65. The molecule has 1 atom stereocenters. The monoisotopic (exact) mass is 220 g/mol. The van der Waals surface area contributed by atoms with Crippen molar-refractivity contribution in [1.29, 1.82) is 0 Å². The van der Waals surface area contributed by atoms with E-state index in [0.29, 0.717) is 6.04 Å². The van der Waals surface area contributed by atoms with E-state index in [2.05, 4.69) is 15.1 Å². The van der Waals surface area contributed by atoms with Crippen LogP contribution >= 0.6 is 0 Å². The molecule has 0 aromatic carbocycles. The molecule has 1 aromatic heterocycles. The minimum Gasteiger partial charge on any atom is -0.382 e. The summed E-state index contributed by atoms with van der Waals surface area (Å²) in [6.45, 7) is 1.14. The van der Waals surface area contributed by atoms with Gasteiger partial charge in [-0.2, -0.15) is 5.10 Å². The van der Waals surface area contributed by atoms with Crippen molar-refractivity contribution in [2.24, 2.45) is 5.92 Å². The Balaban J connectivity index is 1.81. The van der Waals surface area contributed by atoms with E-state index in [1.165, 1.54) is 38.5 Å². The van der Waals surface area contributed by atoms with Crippen LogP contribution in [-0.4, -0.2) is 22.8 Å². The highest BCUT2D eigenvalue weighted by Crippen LogP contribution is 2.38. The molecule has 88 valence electrons. The van der Waals surface area contributed by atoms with Crippen LogP contribution in [0, 0.1) is 5.92 Å². The maximum Gasteiger partial charge on any atom is 0.142 e. The van der Waals surface area contributed by atoms with Crippen molar-refractivity contribution in [3.63, 3.8) is 0 Å². The Hall–Kier alpha value is -1.19. The molecule has 1 unspecified atom stereocenters. The number of hydrogen-bond acceptors (Lipinski definition) is 3. The van der Waals surface area contributed by atoms with Crippen molar-refractivity contribution in [2.45, 2.75) is 44.6 Å². The van der Waals surface area contributed by atoms with Crippen molar-refractivity contribution >= 4 is 11.5 Å². The Bertz CT molecular complexity index is 354. The second-order valence-corrected chi connectivity index (χ2v) is 5.12. The molecule has 2 fully saturated rings. The Morgan fingerprint density at radius 3 is 2.75 bits per heavy atom. The highest BCUT2D eigenvalue weighted by Gasteiger charge is 2.34. The van der Waals surface area contributed by atoms with Crippen LogP contribution in [0.1, 0.15) is 38.5 Å². The summed E-state index contributed by atoms with van der Waals surface area (Å²) in [5, 5.41) is 6.88. The van der Waals surface area contributed by atoms with Gasteiger partial charge in [-0.1, -0.05) is 12.8 Å². The van der Waals surface area contributed by atoms with E-state index in [9.17, 15) is 0 Å². The van der Waals surface area contributed by atoms with Gasteiger partial charge < -0.3 is 10.6 Å². The van der Waals surface area contributed by atoms with Crippen LogP contribution in [0.3, 0.4) is 0 Å². The van der Waals surface area contributed by atoms with Gasteiger partial charge in [0.1, 0.15) is 5.82 Å². The summed E-state index contributed by atoms with van der Waals surface area (Å²) >= 11 is 0. The smallest absolute Gasteiger partial charge is 0.142 e. The lowest BCUT2D eigenvalue weighted by molar-refractivity contribution is 0.431. The zero-order valence-corrected chi connectivity index (χ0v) is 9.65. The Labute approximate surface area is 96.2 Å². The second-order valence-electron chi connectivity index (χ2n) is 5.12. The second kappa shape index (κ2) is 4.00. The van der Waals surface area contributed by atoms with Gasteiger partial charge in [-0.05, 0) is 31.6 Å². The fourth-order valence-electron chi connectivity index (χ4n) is 3.44. The molecule has 0 amide bonds.